The van der Waals surface area contributed by atoms with E-state index < -0.39 is 18.8 Å². The van der Waals surface area contributed by atoms with Crippen LogP contribution in [-0.2, 0) is 9.47 Å². The lowest BCUT2D eigenvalue weighted by molar-refractivity contribution is -0.133. The molecule has 0 spiro atoms. The predicted octanol–water partition coefficient (Wildman–Crippen LogP) is 4.22. The number of nitriles is 1. The summed E-state index contributed by atoms with van der Waals surface area (Å²) in [6.07, 6.45) is 2.88. The molecule has 4 aliphatic rings. The van der Waals surface area contributed by atoms with E-state index in [9.17, 15) is 19.1 Å². The van der Waals surface area contributed by atoms with Crippen LogP contribution < -0.4 is 10.6 Å². The molecule has 3 aromatic rings. The zero-order valence-electron chi connectivity index (χ0n) is 23.0. The molecule has 13 heteroatoms. The molecule has 3 saturated heterocycles. The van der Waals surface area contributed by atoms with Gasteiger partial charge in [-0.2, -0.15) is 5.26 Å². The van der Waals surface area contributed by atoms with Crippen molar-refractivity contribution < 1.29 is 27.8 Å². The van der Waals surface area contributed by atoms with Gasteiger partial charge in [-0.1, -0.05) is 0 Å². The van der Waals surface area contributed by atoms with E-state index in [1.54, 1.807) is 0 Å². The average Bonchev–Trinajstić information content (AvgIpc) is 3.33. The molecule has 5 heterocycles. The van der Waals surface area contributed by atoms with E-state index in [1.807, 2.05) is 30.6 Å². The van der Waals surface area contributed by atoms with Gasteiger partial charge in [-0.3, -0.25) is 0 Å². The van der Waals surface area contributed by atoms with Crippen molar-refractivity contribution in [3.63, 3.8) is 0 Å². The second-order valence-electron chi connectivity index (χ2n) is 11.0. The van der Waals surface area contributed by atoms with Gasteiger partial charge in [-0.25, -0.2) is 28.1 Å². The highest BCUT2D eigenvalue weighted by atomic mass is 19.3. The molecule has 10 nitrogen and oxygen atoms in total. The quantitative estimate of drug-likeness (QED) is 0.444. The zero-order valence-corrected chi connectivity index (χ0v) is 23.0. The number of halogens is 3. The molecule has 3 aliphatic heterocycles. The highest BCUT2D eigenvalue weighted by Crippen LogP contribution is 2.36. The maximum Gasteiger partial charge on any atom is 0.261 e. The first-order valence-corrected chi connectivity index (χ1v) is 13.9. The Labute approximate surface area is 235 Å². The van der Waals surface area contributed by atoms with E-state index in [4.69, 9.17) is 15.2 Å². The topological polar surface area (TPSA) is 135 Å². The summed E-state index contributed by atoms with van der Waals surface area (Å²) in [5, 5.41) is 18.6. The minimum absolute atomic E-state index is 0.0325. The van der Waals surface area contributed by atoms with Gasteiger partial charge in [0.15, 0.2) is 5.82 Å². The molecule has 1 aromatic carbocycles. The van der Waals surface area contributed by atoms with Crippen molar-refractivity contribution in [2.24, 2.45) is 0 Å². The van der Waals surface area contributed by atoms with Gasteiger partial charge in [-0.15, -0.1) is 0 Å². The van der Waals surface area contributed by atoms with Crippen LogP contribution in [0.3, 0.4) is 0 Å². The fraction of sp³-hybridized carbons (Fsp3) is 0.571. The Balaban J connectivity index is 0.000000237. The summed E-state index contributed by atoms with van der Waals surface area (Å²) in [5.41, 5.74) is 7.69. The molecule has 1 aliphatic carbocycles. The Morgan fingerprint density at radius 1 is 1.20 bits per heavy atom. The van der Waals surface area contributed by atoms with E-state index in [0.717, 1.165) is 44.7 Å². The zero-order chi connectivity index (χ0) is 29.3. The number of ether oxygens (including phenoxy) is 2. The molecule has 4 fully saturated rings. The Bertz CT molecular complexity index is 1410. The molecule has 0 amide bonds. The summed E-state index contributed by atoms with van der Waals surface area (Å²) in [7, 11) is 0. The molecule has 4 unspecified atom stereocenters. The van der Waals surface area contributed by atoms with Crippen molar-refractivity contribution in [2.75, 3.05) is 30.3 Å². The Morgan fingerprint density at radius 2 is 1.93 bits per heavy atom. The maximum atomic E-state index is 15.1. The monoisotopic (exact) mass is 573 g/mol. The van der Waals surface area contributed by atoms with Crippen molar-refractivity contribution in [3.05, 3.63) is 29.7 Å². The van der Waals surface area contributed by atoms with Gasteiger partial charge in [0.2, 0.25) is 11.9 Å². The molecule has 1 saturated carbocycles. The number of hydrogen-bond donors (Lipinski definition) is 2. The first-order valence-electron chi connectivity index (χ1n) is 13.9. The molecular weight excluding hydrogens is 539 g/mol. The highest BCUT2D eigenvalue weighted by Gasteiger charge is 2.40. The number of nitrogens with two attached hydrogens (primary N) is 1. The minimum Gasteiger partial charge on any atom is -0.393 e. The third-order valence-electron chi connectivity index (χ3n) is 7.55. The lowest BCUT2D eigenvalue weighted by atomic mass is 9.95. The summed E-state index contributed by atoms with van der Waals surface area (Å²) in [6.45, 7) is 5.08. The number of alkyl halides is 2. The number of aromatic nitrogens is 4. The van der Waals surface area contributed by atoms with Crippen molar-refractivity contribution in [3.8, 4) is 17.3 Å². The van der Waals surface area contributed by atoms with Crippen LogP contribution in [-0.4, -0.2) is 75.2 Å². The number of fused-ring (bicyclic) bond motifs is 3. The third kappa shape index (κ3) is 6.39. The van der Waals surface area contributed by atoms with Gasteiger partial charge in [0, 0.05) is 31.1 Å². The first-order chi connectivity index (χ1) is 19.6. The molecule has 4 atom stereocenters. The summed E-state index contributed by atoms with van der Waals surface area (Å²) in [5.74, 6) is 0.314. The number of benzene rings is 1. The van der Waals surface area contributed by atoms with Crippen LogP contribution in [0.4, 0.5) is 25.1 Å². The fourth-order valence-electron chi connectivity index (χ4n) is 5.71. The van der Waals surface area contributed by atoms with Crippen LogP contribution in [0.5, 0.6) is 0 Å². The van der Waals surface area contributed by atoms with E-state index in [-0.39, 0.29) is 42.0 Å². The summed E-state index contributed by atoms with van der Waals surface area (Å²) in [4.78, 5) is 14.8. The number of piperidine rings is 1. The van der Waals surface area contributed by atoms with Gasteiger partial charge in [0.05, 0.1) is 47.4 Å². The Morgan fingerprint density at radius 3 is 2.56 bits per heavy atom. The second-order valence-corrected chi connectivity index (χ2v) is 11.0. The summed E-state index contributed by atoms with van der Waals surface area (Å²) in [6, 6.07) is 5.28. The molecule has 3 N–H and O–H groups in total. The smallest absolute Gasteiger partial charge is 0.261 e. The SMILES string of the molecule is CC(C)n1c(N2CC3CC(C2)O3)nc2c(F)cc(-c3nc(N)ncc3C#N)cc21.OC1CCCC(OCC(F)F)C1. The van der Waals surface area contributed by atoms with E-state index in [1.165, 1.54) is 12.3 Å². The number of hydrogen-bond acceptors (Lipinski definition) is 9. The lowest BCUT2D eigenvalue weighted by Gasteiger charge is -2.47. The lowest BCUT2D eigenvalue weighted by Crippen LogP contribution is -2.58. The average molecular weight is 574 g/mol. The highest BCUT2D eigenvalue weighted by molar-refractivity contribution is 5.85. The van der Waals surface area contributed by atoms with Gasteiger partial charge in [0.25, 0.3) is 6.43 Å². The number of anilines is 2. The van der Waals surface area contributed by atoms with Crippen LogP contribution in [0.15, 0.2) is 18.3 Å². The molecule has 0 radical (unpaired) electrons. The first kappa shape index (κ1) is 29.0. The van der Waals surface area contributed by atoms with Crippen molar-refractivity contribution in [2.45, 2.75) is 82.8 Å². The number of morpholine rings is 1. The van der Waals surface area contributed by atoms with Crippen molar-refractivity contribution in [1.82, 2.24) is 19.5 Å². The number of nitrogen functional groups attached to an aromatic ring is 1. The molecular formula is C28H34F3N7O3. The summed E-state index contributed by atoms with van der Waals surface area (Å²) >= 11 is 0. The molecule has 2 aromatic heterocycles. The summed E-state index contributed by atoms with van der Waals surface area (Å²) < 4.78 is 51.2. The maximum absolute atomic E-state index is 15.1. The van der Waals surface area contributed by atoms with Crippen LogP contribution in [0.2, 0.25) is 0 Å². The molecule has 41 heavy (non-hydrogen) atoms. The van der Waals surface area contributed by atoms with Crippen molar-refractivity contribution in [1.29, 1.82) is 5.26 Å². The Hall–Kier alpha value is -3.47. The molecule has 220 valence electrons. The van der Waals surface area contributed by atoms with Gasteiger partial charge < -0.3 is 29.8 Å². The number of rotatable bonds is 6. The minimum atomic E-state index is -2.40. The second kappa shape index (κ2) is 12.2. The predicted molar refractivity (Wildman–Crippen MR) is 146 cm³/mol. The molecule has 7 rings (SSSR count). The van der Waals surface area contributed by atoms with Crippen LogP contribution in [0.1, 0.15) is 57.6 Å². The largest absolute Gasteiger partial charge is 0.393 e. The fourth-order valence-corrected chi connectivity index (χ4v) is 5.71. The number of aliphatic hydroxyl groups is 1. The molecule has 2 bridgehead atoms. The van der Waals surface area contributed by atoms with Crippen molar-refractivity contribution >= 4 is 22.9 Å². The third-order valence-corrected chi connectivity index (χ3v) is 7.55. The van der Waals surface area contributed by atoms with Crippen LogP contribution in [0.25, 0.3) is 22.3 Å². The van der Waals surface area contributed by atoms with E-state index in [0.29, 0.717) is 28.7 Å². The van der Waals surface area contributed by atoms with Gasteiger partial charge in [0.1, 0.15) is 18.2 Å². The number of aliphatic hydroxyl groups excluding tert-OH is 1. The Kier molecular flexibility index (Phi) is 8.63. The van der Waals surface area contributed by atoms with E-state index in [2.05, 4.69) is 19.9 Å². The number of imidazole rings is 1. The normalized spacial score (nSPS) is 23.7. The van der Waals surface area contributed by atoms with E-state index >= 15 is 4.39 Å². The van der Waals surface area contributed by atoms with Gasteiger partial charge in [-0.05, 0) is 51.7 Å². The van der Waals surface area contributed by atoms with Gasteiger partial charge >= 0.3 is 0 Å². The van der Waals surface area contributed by atoms with Crippen LogP contribution >= 0.6 is 0 Å². The standard InChI is InChI=1S/C20H20FN7O.C8H14F2O2/c1-10(2)28-16-4-11(17-12(6-22)7-24-19(23)25-17)3-15(21)18(16)26-20(28)27-8-13-5-14(9-27)29-13;9-8(10)5-12-7-3-1-2-6(11)4-7/h3-4,7,10,13-14H,5,8-9H2,1-2H3,(H2,23,24,25);6-8,11H,1-5H2. The van der Waals surface area contributed by atoms with Crippen LogP contribution in [0, 0.1) is 17.1 Å². The number of nitrogens with zero attached hydrogens (tertiary/aromatic N) is 6.